The molecule has 4 aromatic heterocycles. The molecule has 16 aromatic carbocycles. The van der Waals surface area contributed by atoms with E-state index >= 15 is 0 Å². The Labute approximate surface area is 631 Å². The van der Waals surface area contributed by atoms with Gasteiger partial charge in [0.25, 0.3) is 5.97 Å². The number of carboxylic acids is 1. The fourth-order valence-corrected chi connectivity index (χ4v) is 17.5. The summed E-state index contributed by atoms with van der Waals surface area (Å²) in [4.78, 5) is 9.00. The highest BCUT2D eigenvalue weighted by atomic mass is 35.5. The molecule has 0 atom stereocenters. The molecule has 20 aromatic rings. The maximum atomic E-state index is 13.7. The molecule has 21 rings (SSSR count). The molecule has 1 aliphatic carbocycles. The highest BCUT2D eigenvalue weighted by Gasteiger charge is 2.46. The third-order valence-electron chi connectivity index (χ3n) is 21.8. The summed E-state index contributed by atoms with van der Waals surface area (Å²) in [5.74, 6) is -0.833. The summed E-state index contributed by atoms with van der Waals surface area (Å²) in [6.07, 6.45) is 0. The van der Waals surface area contributed by atoms with Crippen molar-refractivity contribution in [2.75, 3.05) is 0 Å². The minimum atomic E-state index is -1.52. The zero-order valence-corrected chi connectivity index (χ0v) is 59.8. The lowest BCUT2D eigenvalue weighted by atomic mass is 9.67. The molecule has 2 N–H and O–H groups in total. The molecule has 516 valence electrons. The number of fused-ring (bicyclic) bond motifs is 15. The molecule has 0 amide bonds. The molecule has 7 nitrogen and oxygen atoms in total. The van der Waals surface area contributed by atoms with Gasteiger partial charge in [0, 0.05) is 78.3 Å². The molecule has 0 spiro atoms. The number of hydrogen-bond donors (Lipinski definition) is 2. The Morgan fingerprint density at radius 3 is 0.852 bits per heavy atom. The van der Waals surface area contributed by atoms with Gasteiger partial charge < -0.3 is 28.5 Å². The highest BCUT2D eigenvalue weighted by molar-refractivity contribution is 6.12. The average Bonchev–Trinajstić information content (AvgIpc) is 1.52. The van der Waals surface area contributed by atoms with Crippen molar-refractivity contribution in [1.29, 1.82) is 0 Å². The van der Waals surface area contributed by atoms with Crippen molar-refractivity contribution < 1.29 is 15.0 Å². The number of benzene rings is 16. The van der Waals surface area contributed by atoms with Crippen LogP contribution < -0.4 is 0 Å². The fraction of sp³-hybridized carbons (Fsp3) is 0.0300. The number of carbonyl (C=O) groups is 1. The van der Waals surface area contributed by atoms with Crippen molar-refractivity contribution in [3.8, 4) is 45.0 Å². The van der Waals surface area contributed by atoms with E-state index < -0.39 is 17.0 Å². The number of para-hydroxylation sites is 8. The van der Waals surface area contributed by atoms with Crippen LogP contribution in [0.25, 0.3) is 132 Å². The smallest absolute Gasteiger partial charge is 0.300 e. The van der Waals surface area contributed by atoms with Crippen LogP contribution in [-0.4, -0.2) is 34.5 Å². The molecule has 0 saturated heterocycles. The van der Waals surface area contributed by atoms with Gasteiger partial charge in [-0.2, -0.15) is 0 Å². The van der Waals surface area contributed by atoms with Crippen molar-refractivity contribution in [2.24, 2.45) is 0 Å². The predicted octanol–water partition coefficient (Wildman–Crippen LogP) is 24.6. The maximum Gasteiger partial charge on any atom is 0.300 e. The minimum absolute atomic E-state index is 0. The first kappa shape index (κ1) is 66.4. The van der Waals surface area contributed by atoms with Crippen LogP contribution in [0.3, 0.4) is 0 Å². The van der Waals surface area contributed by atoms with Crippen LogP contribution in [0.15, 0.2) is 394 Å². The normalized spacial score (nSPS) is 12.2. The minimum Gasteiger partial charge on any atom is -0.481 e. The van der Waals surface area contributed by atoms with Crippen molar-refractivity contribution in [1.82, 2.24) is 18.3 Å². The second kappa shape index (κ2) is 27.2. The molecule has 0 radical (unpaired) electrons. The second-order valence-electron chi connectivity index (χ2n) is 27.7. The summed E-state index contributed by atoms with van der Waals surface area (Å²) >= 11 is 0. The van der Waals surface area contributed by atoms with E-state index in [-0.39, 0.29) is 12.4 Å². The number of aliphatic hydroxyl groups is 1. The number of nitrogens with zero attached hydrogens (tertiary/aromatic N) is 4. The van der Waals surface area contributed by atoms with E-state index in [4.69, 9.17) is 9.90 Å². The predicted molar refractivity (Wildman–Crippen MR) is 449 cm³/mol. The molecule has 108 heavy (non-hydrogen) atoms. The van der Waals surface area contributed by atoms with Crippen molar-refractivity contribution >= 4 is 106 Å². The number of aromatic nitrogens is 4. The maximum absolute atomic E-state index is 13.7. The van der Waals surface area contributed by atoms with Crippen LogP contribution >= 0.6 is 12.4 Å². The van der Waals surface area contributed by atoms with Gasteiger partial charge in [0.2, 0.25) is 0 Å². The Morgan fingerprint density at radius 1 is 0.278 bits per heavy atom. The third kappa shape index (κ3) is 10.6. The largest absolute Gasteiger partial charge is 0.481 e. The molecule has 0 saturated carbocycles. The van der Waals surface area contributed by atoms with E-state index in [1.165, 1.54) is 98.5 Å². The van der Waals surface area contributed by atoms with Crippen LogP contribution in [0.1, 0.15) is 45.9 Å². The van der Waals surface area contributed by atoms with E-state index in [0.717, 1.165) is 79.6 Å². The highest BCUT2D eigenvalue weighted by Crippen LogP contribution is 2.57. The van der Waals surface area contributed by atoms with Crippen molar-refractivity contribution in [3.05, 3.63) is 433 Å². The Morgan fingerprint density at radius 2 is 0.528 bits per heavy atom. The molecule has 1 aliphatic rings. The topological polar surface area (TPSA) is 77.2 Å². The first-order valence-electron chi connectivity index (χ1n) is 36.4. The summed E-state index contributed by atoms with van der Waals surface area (Å²) in [6.45, 7) is 1.08. The summed E-state index contributed by atoms with van der Waals surface area (Å²) in [5, 5.41) is 31.0. The SMILES string of the molecule is CC(=O)O.Cl.OC(c1cccc(-n2c3ccccc3c3ccccc32)c1)(c1cccc(-n2c3ccccc3c3ccccc32)c1)c1ccccc1-c1ccccc1.c1cc(-n2c3ccccc3c3ccccc32)cc(C2(c3cccc(-n4c5ccccc5c5ccccc54)c3)c3ccccc3-c3ccccc32)c1. The lowest BCUT2D eigenvalue weighted by molar-refractivity contribution is -0.134. The van der Waals surface area contributed by atoms with Crippen LogP contribution in [0, 0.1) is 0 Å². The van der Waals surface area contributed by atoms with E-state index in [1.54, 1.807) is 0 Å². The standard InChI is InChI=1S/C49H34N2O.C49H32N2.C2H4O2.ClH/c52-49(44-27-9-4-22-39(44)34-16-2-1-3-17-34,35-18-14-20-37(32-35)50-45-28-10-5-23-40(45)41-24-6-11-29-46(41)50)36-19-15-21-38(33-36)51-47-30-12-7-25-42(47)43-26-8-13-31-48(43)51;1-7-25-43-37(19-1)38-20-2-8-26-44(38)49(43,33-15-13-17-35(31-33)50-45-27-9-3-21-39(45)40-22-4-10-28-46(40)50)34-16-14-18-36(32-34)51-47-29-11-5-23-41(47)42-24-6-12-30-48(42)51;1-2(3)4;/h1-33,52H;1-32H;1H3,(H,3,4);1H. The average molecular weight is 1410 g/mol. The molecular weight excluding hydrogens is 1340 g/mol. The van der Waals surface area contributed by atoms with E-state index in [2.05, 4.69) is 400 Å². The van der Waals surface area contributed by atoms with Gasteiger partial charge in [0.15, 0.2) is 0 Å². The summed E-state index contributed by atoms with van der Waals surface area (Å²) in [6, 6.07) is 141. The van der Waals surface area contributed by atoms with Gasteiger partial charge in [-0.25, -0.2) is 0 Å². The molecule has 0 bridgehead atoms. The molecular formula is C100H71ClN4O3. The van der Waals surface area contributed by atoms with Crippen LogP contribution in [0.5, 0.6) is 0 Å². The first-order chi connectivity index (χ1) is 52.7. The van der Waals surface area contributed by atoms with Crippen LogP contribution in [0.4, 0.5) is 0 Å². The molecule has 0 fully saturated rings. The number of aliphatic carboxylic acids is 1. The van der Waals surface area contributed by atoms with Gasteiger partial charge >= 0.3 is 0 Å². The lowest BCUT2D eigenvalue weighted by Gasteiger charge is -2.34. The molecule has 4 heterocycles. The molecule has 0 unspecified atom stereocenters. The van der Waals surface area contributed by atoms with Gasteiger partial charge in [0.05, 0.1) is 49.5 Å². The second-order valence-corrected chi connectivity index (χ2v) is 27.7. The lowest BCUT2D eigenvalue weighted by Crippen LogP contribution is -2.30. The van der Waals surface area contributed by atoms with Crippen molar-refractivity contribution in [3.63, 3.8) is 0 Å². The number of carboxylic acid groups (broad SMARTS) is 1. The Kier molecular flexibility index (Phi) is 16.7. The fourth-order valence-electron chi connectivity index (χ4n) is 17.5. The zero-order valence-electron chi connectivity index (χ0n) is 59.0. The van der Waals surface area contributed by atoms with E-state index in [1.807, 2.05) is 12.1 Å². The number of rotatable bonds is 10. The Bertz CT molecular complexity index is 6300. The number of hydrogen-bond acceptors (Lipinski definition) is 2. The molecule has 8 heteroatoms. The van der Waals surface area contributed by atoms with Crippen LogP contribution in [0.2, 0.25) is 0 Å². The van der Waals surface area contributed by atoms with Gasteiger partial charge in [-0.15, -0.1) is 12.4 Å². The summed E-state index contributed by atoms with van der Waals surface area (Å²) in [7, 11) is 0. The van der Waals surface area contributed by atoms with Gasteiger partial charge in [-0.1, -0.05) is 297 Å². The monoisotopic (exact) mass is 1410 g/mol. The van der Waals surface area contributed by atoms with E-state index in [0.29, 0.717) is 0 Å². The van der Waals surface area contributed by atoms with Gasteiger partial charge in [-0.3, -0.25) is 4.79 Å². The van der Waals surface area contributed by atoms with Crippen LogP contribution in [-0.2, 0) is 15.8 Å². The van der Waals surface area contributed by atoms with E-state index in [9.17, 15) is 5.11 Å². The first-order valence-corrected chi connectivity index (χ1v) is 36.4. The Balaban J connectivity index is 0.000000144. The quantitative estimate of drug-likeness (QED) is 0.134. The number of halogens is 1. The van der Waals surface area contributed by atoms with Gasteiger partial charge in [-0.05, 0) is 153 Å². The van der Waals surface area contributed by atoms with Gasteiger partial charge in [0.1, 0.15) is 5.60 Å². The third-order valence-corrected chi connectivity index (χ3v) is 21.8. The summed E-state index contributed by atoms with van der Waals surface area (Å²) in [5.41, 5.74) is 23.7. The summed E-state index contributed by atoms with van der Waals surface area (Å²) < 4.78 is 9.49. The van der Waals surface area contributed by atoms with Crippen molar-refractivity contribution in [2.45, 2.75) is 17.9 Å². The molecule has 0 aliphatic heterocycles. The Hall–Kier alpha value is -13.6. The zero-order chi connectivity index (χ0) is 71.7.